The van der Waals surface area contributed by atoms with Gasteiger partial charge in [-0.05, 0) is 85.2 Å². The molecule has 0 spiro atoms. The van der Waals surface area contributed by atoms with Gasteiger partial charge in [0.15, 0.2) is 5.69 Å². The molecule has 0 radical (unpaired) electrons. The number of aromatic hydroxyl groups is 1. The highest BCUT2D eigenvalue weighted by molar-refractivity contribution is 7.99. The van der Waals surface area contributed by atoms with Crippen molar-refractivity contribution < 1.29 is 24.2 Å². The van der Waals surface area contributed by atoms with E-state index in [9.17, 15) is 19.1 Å². The van der Waals surface area contributed by atoms with Crippen molar-refractivity contribution >= 4 is 46.0 Å². The fraction of sp³-hybridized carbons (Fsp3) is 0.267. The van der Waals surface area contributed by atoms with Crippen molar-refractivity contribution in [2.24, 2.45) is 10.2 Å². The fourth-order valence-corrected chi connectivity index (χ4v) is 5.18. The molecule has 0 saturated heterocycles. The van der Waals surface area contributed by atoms with Gasteiger partial charge in [0.1, 0.15) is 5.82 Å². The molecule has 2 amide bonds. The normalized spacial score (nSPS) is 11.3. The van der Waals surface area contributed by atoms with Gasteiger partial charge in [0.2, 0.25) is 5.88 Å². The Bertz CT molecular complexity index is 1500. The Kier molecular flexibility index (Phi) is 9.91. The average molecular weight is 563 g/mol. The smallest absolute Gasteiger partial charge is 0.364 e. The van der Waals surface area contributed by atoms with Gasteiger partial charge in [-0.2, -0.15) is 0 Å². The molecular formula is C30H31FN4O4S. The molecule has 3 aromatic carbocycles. The molecular weight excluding hydrogens is 531 g/mol. The van der Waals surface area contributed by atoms with Gasteiger partial charge in [-0.25, -0.2) is 14.0 Å². The van der Waals surface area contributed by atoms with Crippen molar-refractivity contribution in [3.63, 3.8) is 0 Å². The second kappa shape index (κ2) is 13.7. The monoisotopic (exact) mass is 562 g/mol. The highest BCUT2D eigenvalue weighted by Crippen LogP contribution is 2.41. The minimum atomic E-state index is -0.935. The maximum atomic E-state index is 13.1. The molecule has 0 atom stereocenters. The Morgan fingerprint density at radius 3 is 2.45 bits per heavy atom. The molecule has 0 bridgehead atoms. The number of rotatable bonds is 12. The van der Waals surface area contributed by atoms with Crippen molar-refractivity contribution in [3.05, 3.63) is 83.7 Å². The number of carbonyl (C=O) groups excluding carboxylic acids is 1. The zero-order valence-electron chi connectivity index (χ0n) is 22.1. The third-order valence-corrected chi connectivity index (χ3v) is 7.46. The van der Waals surface area contributed by atoms with Gasteiger partial charge in [-0.3, -0.25) is 0 Å². The van der Waals surface area contributed by atoms with Crippen LogP contribution in [0.5, 0.6) is 5.88 Å². The zero-order valence-corrected chi connectivity index (χ0v) is 23.0. The summed E-state index contributed by atoms with van der Waals surface area (Å²) in [7, 11) is 0. The molecule has 8 nitrogen and oxygen atoms in total. The zero-order chi connectivity index (χ0) is 28.5. The van der Waals surface area contributed by atoms with Crippen LogP contribution < -0.4 is 5.32 Å². The Morgan fingerprint density at radius 1 is 1.00 bits per heavy atom. The largest absolute Gasteiger partial charge is 0.493 e. The highest BCUT2D eigenvalue weighted by atomic mass is 32.2. The van der Waals surface area contributed by atoms with Crippen LogP contribution in [0.25, 0.3) is 10.9 Å². The molecule has 1 aromatic heterocycles. The summed E-state index contributed by atoms with van der Waals surface area (Å²) in [6.07, 6.45) is 4.67. The number of carboxylic acids is 1. The van der Waals surface area contributed by atoms with E-state index < -0.39 is 17.8 Å². The number of anilines is 1. The first-order valence-corrected chi connectivity index (χ1v) is 14.1. The summed E-state index contributed by atoms with van der Waals surface area (Å²) in [6, 6.07) is 17.4. The lowest BCUT2D eigenvalue weighted by Crippen LogP contribution is -2.05. The number of halogens is 1. The summed E-state index contributed by atoms with van der Waals surface area (Å²) in [5.74, 6) is -0.554. The van der Waals surface area contributed by atoms with E-state index in [-0.39, 0.29) is 17.1 Å². The van der Waals surface area contributed by atoms with E-state index in [4.69, 9.17) is 5.11 Å². The second-order valence-corrected chi connectivity index (χ2v) is 10.5. The molecule has 208 valence electrons. The molecule has 3 N–H and O–H groups in total. The van der Waals surface area contributed by atoms with E-state index in [1.807, 2.05) is 30.3 Å². The number of aryl methyl sites for hydroxylation is 2. The number of azo groups is 1. The van der Waals surface area contributed by atoms with Crippen LogP contribution >= 0.6 is 11.8 Å². The summed E-state index contributed by atoms with van der Waals surface area (Å²) in [4.78, 5) is 24.4. The van der Waals surface area contributed by atoms with Crippen LogP contribution in [0.4, 0.5) is 20.6 Å². The summed E-state index contributed by atoms with van der Waals surface area (Å²) < 4.78 is 14.9. The van der Waals surface area contributed by atoms with E-state index in [2.05, 4.69) is 22.5 Å². The number of nitrogens with one attached hydrogen (secondary N) is 1. The number of amides is 2. The standard InChI is InChI=1S/C30H31FN4O4S/c1-2-3-4-17-35-26-16-15-24(40-18-5-6-20-7-9-21(10-8-20)29(37)38)19-25(26)27(28(35)36)33-34-30(39)32-23-13-11-22(31)12-14-23/h7-16,19,36H,2-6,17-18H2,1H3,(H,32,39)(H,37,38). The predicted molar refractivity (Wildman–Crippen MR) is 156 cm³/mol. The molecule has 1 heterocycles. The molecule has 40 heavy (non-hydrogen) atoms. The number of fused-ring (bicyclic) bond motifs is 1. The molecule has 0 fully saturated rings. The molecule has 0 aliphatic carbocycles. The Balaban J connectivity index is 1.48. The minimum Gasteiger partial charge on any atom is -0.493 e. The highest BCUT2D eigenvalue weighted by Gasteiger charge is 2.18. The number of unbranched alkanes of at least 4 members (excludes halogenated alkanes) is 2. The number of hydrogen-bond donors (Lipinski definition) is 3. The van der Waals surface area contributed by atoms with Gasteiger partial charge in [0.05, 0.1) is 11.1 Å². The summed E-state index contributed by atoms with van der Waals surface area (Å²) in [5.41, 5.74) is 2.77. The van der Waals surface area contributed by atoms with Gasteiger partial charge in [-0.1, -0.05) is 37.0 Å². The van der Waals surface area contributed by atoms with Gasteiger partial charge in [0, 0.05) is 22.5 Å². The van der Waals surface area contributed by atoms with Crippen LogP contribution in [0.3, 0.4) is 0 Å². The van der Waals surface area contributed by atoms with E-state index >= 15 is 0 Å². The van der Waals surface area contributed by atoms with Crippen molar-refractivity contribution in [1.82, 2.24) is 4.57 Å². The van der Waals surface area contributed by atoms with Crippen LogP contribution in [0.15, 0.2) is 81.9 Å². The first-order valence-electron chi connectivity index (χ1n) is 13.1. The Labute approximate surface area is 235 Å². The fourth-order valence-electron chi connectivity index (χ4n) is 4.29. The van der Waals surface area contributed by atoms with E-state index in [0.717, 1.165) is 53.8 Å². The lowest BCUT2D eigenvalue weighted by atomic mass is 10.1. The number of benzene rings is 3. The number of thioether (sulfide) groups is 1. The third-order valence-electron chi connectivity index (χ3n) is 6.38. The maximum absolute atomic E-state index is 13.1. The lowest BCUT2D eigenvalue weighted by Gasteiger charge is -2.07. The molecule has 10 heteroatoms. The van der Waals surface area contributed by atoms with Crippen LogP contribution in [-0.4, -0.2) is 32.5 Å². The van der Waals surface area contributed by atoms with E-state index in [1.165, 1.54) is 24.3 Å². The van der Waals surface area contributed by atoms with Crippen LogP contribution in [0, 0.1) is 5.82 Å². The summed E-state index contributed by atoms with van der Waals surface area (Å²) >= 11 is 1.67. The quantitative estimate of drug-likeness (QED) is 0.0910. The van der Waals surface area contributed by atoms with E-state index in [0.29, 0.717) is 17.6 Å². The first kappa shape index (κ1) is 28.8. The first-order chi connectivity index (χ1) is 19.4. The molecule has 0 aliphatic heterocycles. The van der Waals surface area contributed by atoms with Gasteiger partial charge in [0.25, 0.3) is 0 Å². The minimum absolute atomic E-state index is 0.0450. The number of carboxylic acid groups (broad SMARTS) is 1. The van der Waals surface area contributed by atoms with Gasteiger partial charge in [-0.15, -0.1) is 16.9 Å². The van der Waals surface area contributed by atoms with Crippen LogP contribution in [-0.2, 0) is 13.0 Å². The van der Waals surface area contributed by atoms with Gasteiger partial charge >= 0.3 is 12.0 Å². The Morgan fingerprint density at radius 2 is 1.75 bits per heavy atom. The van der Waals surface area contributed by atoms with Crippen LogP contribution in [0.2, 0.25) is 0 Å². The average Bonchev–Trinajstić information content (AvgIpc) is 3.21. The SMILES string of the molecule is CCCCCn1c(O)c(N=NC(=O)Nc2ccc(F)cc2)c2cc(SCCCc3ccc(C(=O)O)cc3)ccc21. The number of nitrogens with zero attached hydrogens (tertiary/aromatic N) is 3. The van der Waals surface area contributed by atoms with Crippen LogP contribution in [0.1, 0.15) is 48.5 Å². The molecule has 0 aliphatic rings. The van der Waals surface area contributed by atoms with Crippen molar-refractivity contribution in [2.75, 3.05) is 11.1 Å². The molecule has 0 saturated carbocycles. The summed E-state index contributed by atoms with van der Waals surface area (Å²) in [6.45, 7) is 2.72. The predicted octanol–water partition coefficient (Wildman–Crippen LogP) is 8.42. The maximum Gasteiger partial charge on any atom is 0.364 e. The van der Waals surface area contributed by atoms with Crippen molar-refractivity contribution in [1.29, 1.82) is 0 Å². The summed E-state index contributed by atoms with van der Waals surface area (Å²) in [5, 5.41) is 31.2. The van der Waals surface area contributed by atoms with Crippen molar-refractivity contribution in [3.8, 4) is 5.88 Å². The number of carbonyl (C=O) groups is 2. The Hall–Kier alpha value is -4.18. The lowest BCUT2D eigenvalue weighted by molar-refractivity contribution is 0.0697. The second-order valence-electron chi connectivity index (χ2n) is 9.30. The molecule has 4 rings (SSSR count). The third kappa shape index (κ3) is 7.47. The topological polar surface area (TPSA) is 116 Å². The number of aromatic carboxylic acids is 1. The van der Waals surface area contributed by atoms with Crippen molar-refractivity contribution in [2.45, 2.75) is 50.5 Å². The number of hydrogen-bond acceptors (Lipinski definition) is 5. The van der Waals surface area contributed by atoms with E-state index in [1.54, 1.807) is 28.5 Å². The number of urea groups is 1. The van der Waals surface area contributed by atoms with Gasteiger partial charge < -0.3 is 20.1 Å². The number of aromatic nitrogens is 1. The molecule has 0 unspecified atom stereocenters. The molecule has 4 aromatic rings.